The number of allylic oxidation sites excluding steroid dienone is 1. The number of aliphatic imine (C=N–C) groups is 1. The molecule has 0 saturated carbocycles. The van der Waals surface area contributed by atoms with Crippen molar-refractivity contribution in [2.45, 2.75) is 19.1 Å². The highest BCUT2D eigenvalue weighted by atomic mass is 32.1. The van der Waals surface area contributed by atoms with Crippen molar-refractivity contribution < 1.29 is 9.53 Å². The second-order valence-electron chi connectivity index (χ2n) is 8.06. The Morgan fingerprint density at radius 2 is 2.09 bits per heavy atom. The van der Waals surface area contributed by atoms with E-state index in [9.17, 15) is 4.79 Å². The van der Waals surface area contributed by atoms with Crippen LogP contribution in [0.3, 0.4) is 0 Å². The maximum absolute atomic E-state index is 13.3. The summed E-state index contributed by atoms with van der Waals surface area (Å²) in [4.78, 5) is 22.4. The van der Waals surface area contributed by atoms with Crippen LogP contribution < -0.4 is 15.8 Å². The SMILES string of the molecule is C=CC1=C(C=NC(=C)N)C(=O)N(Cc2ccc(O[C@@H](CCNC)c3cccs3)cc2)CCN1C. The van der Waals surface area contributed by atoms with Crippen LogP contribution >= 0.6 is 11.3 Å². The molecule has 0 unspecified atom stereocenters. The van der Waals surface area contributed by atoms with Gasteiger partial charge in [0, 0.05) is 44.2 Å². The molecule has 0 bridgehead atoms. The molecule has 3 rings (SSSR count). The van der Waals surface area contributed by atoms with Gasteiger partial charge in [0.2, 0.25) is 0 Å². The zero-order valence-corrected chi connectivity index (χ0v) is 20.7. The van der Waals surface area contributed by atoms with Crippen LogP contribution in [0.2, 0.25) is 0 Å². The van der Waals surface area contributed by atoms with E-state index >= 15 is 0 Å². The molecule has 2 aromatic rings. The van der Waals surface area contributed by atoms with Gasteiger partial charge in [0.1, 0.15) is 17.7 Å². The van der Waals surface area contributed by atoms with Crippen LogP contribution in [0.1, 0.15) is 23.0 Å². The number of ether oxygens (including phenoxy) is 1. The summed E-state index contributed by atoms with van der Waals surface area (Å²) in [5.41, 5.74) is 7.78. The van der Waals surface area contributed by atoms with Gasteiger partial charge in [0.05, 0.1) is 11.3 Å². The average Bonchev–Trinajstić information content (AvgIpc) is 3.33. The molecule has 1 aliphatic rings. The Labute approximate surface area is 205 Å². The lowest BCUT2D eigenvalue weighted by molar-refractivity contribution is -0.126. The minimum absolute atomic E-state index is 0.00243. The van der Waals surface area contributed by atoms with Gasteiger partial charge < -0.3 is 25.6 Å². The molecule has 0 aliphatic carbocycles. The summed E-state index contributed by atoms with van der Waals surface area (Å²) >= 11 is 1.70. The third-order valence-corrected chi connectivity index (χ3v) is 6.52. The molecule has 7 nitrogen and oxygen atoms in total. The Hall–Kier alpha value is -3.36. The van der Waals surface area contributed by atoms with E-state index in [1.54, 1.807) is 17.4 Å². The second-order valence-corrected chi connectivity index (χ2v) is 9.04. The molecular formula is C26H33N5O2S. The molecule has 1 aromatic carbocycles. The van der Waals surface area contributed by atoms with Crippen LogP contribution in [0.15, 0.2) is 83.1 Å². The predicted octanol–water partition coefficient (Wildman–Crippen LogP) is 3.69. The first-order valence-corrected chi connectivity index (χ1v) is 12.1. The number of likely N-dealkylation sites (N-methyl/N-ethyl adjacent to an activating group) is 1. The van der Waals surface area contributed by atoms with E-state index in [0.717, 1.165) is 30.0 Å². The van der Waals surface area contributed by atoms with Gasteiger partial charge in [-0.3, -0.25) is 4.79 Å². The van der Waals surface area contributed by atoms with Crippen LogP contribution in [0.5, 0.6) is 5.75 Å². The summed E-state index contributed by atoms with van der Waals surface area (Å²) in [6.45, 7) is 10.1. The van der Waals surface area contributed by atoms with E-state index in [-0.39, 0.29) is 17.8 Å². The van der Waals surface area contributed by atoms with Crippen molar-refractivity contribution in [3.8, 4) is 5.75 Å². The van der Waals surface area contributed by atoms with Crippen LogP contribution in [-0.4, -0.2) is 55.7 Å². The normalized spacial score (nSPS) is 15.5. The fourth-order valence-corrected chi connectivity index (χ4v) is 4.52. The highest BCUT2D eigenvalue weighted by molar-refractivity contribution is 7.10. The second kappa shape index (κ2) is 12.2. The number of thiophene rings is 1. The molecular weight excluding hydrogens is 446 g/mol. The van der Waals surface area contributed by atoms with Gasteiger partial charge in [0.15, 0.2) is 0 Å². The zero-order valence-electron chi connectivity index (χ0n) is 19.9. The van der Waals surface area contributed by atoms with Crippen LogP contribution in [-0.2, 0) is 11.3 Å². The van der Waals surface area contributed by atoms with Crippen molar-refractivity contribution in [1.82, 2.24) is 15.1 Å². The van der Waals surface area contributed by atoms with Crippen molar-refractivity contribution in [1.29, 1.82) is 0 Å². The average molecular weight is 480 g/mol. The molecule has 0 radical (unpaired) electrons. The third-order valence-electron chi connectivity index (χ3n) is 5.56. The number of amides is 1. The van der Waals surface area contributed by atoms with E-state index < -0.39 is 0 Å². The van der Waals surface area contributed by atoms with Gasteiger partial charge in [-0.15, -0.1) is 11.3 Å². The van der Waals surface area contributed by atoms with Gasteiger partial charge in [-0.05, 0) is 48.8 Å². The Morgan fingerprint density at radius 3 is 2.71 bits per heavy atom. The number of hydrogen-bond donors (Lipinski definition) is 2. The minimum atomic E-state index is -0.116. The first-order chi connectivity index (χ1) is 16.4. The summed E-state index contributed by atoms with van der Waals surface area (Å²) in [6.07, 6.45) is 4.03. The van der Waals surface area contributed by atoms with Crippen LogP contribution in [0.4, 0.5) is 0 Å². The third kappa shape index (κ3) is 6.59. The summed E-state index contributed by atoms with van der Waals surface area (Å²) < 4.78 is 6.29. The standard InChI is InChI=1S/C26H33N5O2S/c1-5-23-22(17-29-19(2)27)26(32)31(15-14-30(23)4)18-20-8-10-21(11-9-20)33-24(12-13-28-3)25-7-6-16-34-25/h5-11,16-17,24,28H,1-2,12-15,18,27H2,3-4H3/t24-/m0/s1. The molecule has 8 heteroatoms. The van der Waals surface area contributed by atoms with Crippen molar-refractivity contribution in [2.75, 3.05) is 33.7 Å². The van der Waals surface area contributed by atoms with Crippen molar-refractivity contribution in [2.24, 2.45) is 10.7 Å². The lowest BCUT2D eigenvalue weighted by atomic mass is 10.1. The van der Waals surface area contributed by atoms with E-state index in [1.807, 2.05) is 54.2 Å². The van der Waals surface area contributed by atoms with Crippen molar-refractivity contribution >= 4 is 23.5 Å². The molecule has 1 amide bonds. The number of nitrogens with zero attached hydrogens (tertiary/aromatic N) is 3. The number of hydrogen-bond acceptors (Lipinski definition) is 7. The van der Waals surface area contributed by atoms with Crippen LogP contribution in [0, 0.1) is 0 Å². The quantitative estimate of drug-likeness (QED) is 0.480. The van der Waals surface area contributed by atoms with E-state index in [1.165, 1.54) is 11.1 Å². The van der Waals surface area contributed by atoms with Gasteiger partial charge in [-0.2, -0.15) is 0 Å². The minimum Gasteiger partial charge on any atom is -0.485 e. The number of rotatable bonds is 11. The first-order valence-electron chi connectivity index (χ1n) is 11.2. The van der Waals surface area contributed by atoms with Crippen molar-refractivity contribution in [3.63, 3.8) is 0 Å². The topological polar surface area (TPSA) is 83.2 Å². The first kappa shape index (κ1) is 25.3. The Balaban J connectivity index is 1.73. The lowest BCUT2D eigenvalue weighted by Crippen LogP contribution is -2.34. The summed E-state index contributed by atoms with van der Waals surface area (Å²) in [7, 11) is 3.88. The van der Waals surface area contributed by atoms with Gasteiger partial charge >= 0.3 is 0 Å². The number of nitrogens with two attached hydrogens (primary N) is 1. The highest BCUT2D eigenvalue weighted by Gasteiger charge is 2.25. The predicted molar refractivity (Wildman–Crippen MR) is 140 cm³/mol. The smallest absolute Gasteiger partial charge is 0.257 e. The van der Waals surface area contributed by atoms with Gasteiger partial charge in [-0.25, -0.2) is 4.99 Å². The summed E-state index contributed by atoms with van der Waals surface area (Å²) in [5, 5.41) is 5.26. The molecule has 1 aromatic heterocycles. The lowest BCUT2D eigenvalue weighted by Gasteiger charge is -2.22. The van der Waals surface area contributed by atoms with Crippen molar-refractivity contribution in [3.05, 3.63) is 88.5 Å². The summed E-state index contributed by atoms with van der Waals surface area (Å²) in [6, 6.07) is 12.1. The molecule has 0 spiro atoms. The molecule has 3 N–H and O–H groups in total. The fraction of sp³-hybridized carbons (Fsp3) is 0.308. The number of nitrogens with one attached hydrogen (secondary N) is 1. The molecule has 0 saturated heterocycles. The molecule has 1 aliphatic heterocycles. The van der Waals surface area contributed by atoms with E-state index in [2.05, 4.69) is 34.9 Å². The molecule has 2 heterocycles. The Morgan fingerprint density at radius 1 is 1.32 bits per heavy atom. The molecule has 1 atom stereocenters. The molecule has 34 heavy (non-hydrogen) atoms. The summed E-state index contributed by atoms with van der Waals surface area (Å²) in [5.74, 6) is 0.839. The number of carbonyl (C=O) groups excluding carboxylic acids is 1. The monoisotopic (exact) mass is 479 g/mol. The molecule has 180 valence electrons. The van der Waals surface area contributed by atoms with Gasteiger partial charge in [-0.1, -0.05) is 31.4 Å². The van der Waals surface area contributed by atoms with Gasteiger partial charge in [0.25, 0.3) is 5.91 Å². The maximum atomic E-state index is 13.3. The number of benzene rings is 1. The zero-order chi connectivity index (χ0) is 24.5. The van der Waals surface area contributed by atoms with E-state index in [0.29, 0.717) is 25.2 Å². The highest BCUT2D eigenvalue weighted by Crippen LogP contribution is 2.28. The number of carbonyl (C=O) groups is 1. The van der Waals surface area contributed by atoms with E-state index in [4.69, 9.17) is 10.5 Å². The van der Waals surface area contributed by atoms with Crippen LogP contribution in [0.25, 0.3) is 0 Å². The Kier molecular flexibility index (Phi) is 9.07. The Bertz CT molecular complexity index is 1040. The maximum Gasteiger partial charge on any atom is 0.257 e. The largest absolute Gasteiger partial charge is 0.485 e. The molecule has 0 fully saturated rings. The fourth-order valence-electron chi connectivity index (χ4n) is 3.73.